The standard InChI is InChI=1S/C8H10O6S3/c9-7-13-5(3-15-7)1-11-17-12-2-6-4-16-8(10)14-6/h5-6H,1-4H2. The van der Waals surface area contributed by atoms with Gasteiger partial charge in [-0.2, -0.15) is 0 Å². The number of rotatable bonds is 6. The molecule has 0 aliphatic carbocycles. The van der Waals surface area contributed by atoms with Gasteiger partial charge >= 0.3 is 10.6 Å². The molecule has 0 spiro atoms. The van der Waals surface area contributed by atoms with Crippen molar-refractivity contribution < 1.29 is 27.4 Å². The largest absolute Gasteiger partial charge is 0.451 e. The number of ether oxygens (including phenoxy) is 2. The van der Waals surface area contributed by atoms with Gasteiger partial charge in [0.2, 0.25) is 0 Å². The molecule has 0 aromatic carbocycles. The van der Waals surface area contributed by atoms with Crippen molar-refractivity contribution in [2.45, 2.75) is 12.2 Å². The molecule has 2 heterocycles. The van der Waals surface area contributed by atoms with Crippen molar-refractivity contribution >= 4 is 46.5 Å². The molecule has 0 bridgehead atoms. The third-order valence-electron chi connectivity index (χ3n) is 1.90. The molecule has 0 saturated carbocycles. The fourth-order valence-electron chi connectivity index (χ4n) is 1.14. The first-order valence-corrected chi connectivity index (χ1v) is 7.46. The number of carbonyl (C=O) groups excluding carboxylic acids is 2. The average molecular weight is 298 g/mol. The summed E-state index contributed by atoms with van der Waals surface area (Å²) < 4.78 is 20.0. The van der Waals surface area contributed by atoms with Crippen molar-refractivity contribution in [3.05, 3.63) is 0 Å². The van der Waals surface area contributed by atoms with Gasteiger partial charge in [0, 0.05) is 11.5 Å². The first-order chi connectivity index (χ1) is 8.24. The van der Waals surface area contributed by atoms with E-state index in [0.717, 1.165) is 35.8 Å². The van der Waals surface area contributed by atoms with Crippen molar-refractivity contribution in [3.8, 4) is 0 Å². The lowest BCUT2D eigenvalue weighted by Crippen LogP contribution is -2.17. The molecule has 2 atom stereocenters. The Morgan fingerprint density at radius 2 is 1.53 bits per heavy atom. The highest BCUT2D eigenvalue weighted by atomic mass is 32.2. The highest BCUT2D eigenvalue weighted by molar-refractivity contribution is 8.13. The summed E-state index contributed by atoms with van der Waals surface area (Å²) >= 11 is 3.10. The van der Waals surface area contributed by atoms with E-state index in [1.165, 1.54) is 0 Å². The molecular weight excluding hydrogens is 288 g/mol. The third kappa shape index (κ3) is 4.59. The van der Waals surface area contributed by atoms with Gasteiger partial charge in [-0.3, -0.25) is 8.37 Å². The van der Waals surface area contributed by atoms with E-state index in [9.17, 15) is 9.59 Å². The number of hydrogen-bond acceptors (Lipinski definition) is 9. The fourth-order valence-corrected chi connectivity index (χ4v) is 3.00. The second-order valence-electron chi connectivity index (χ2n) is 3.24. The van der Waals surface area contributed by atoms with Crippen LogP contribution in [-0.2, 0) is 17.8 Å². The van der Waals surface area contributed by atoms with Crippen molar-refractivity contribution in [1.82, 2.24) is 0 Å². The highest BCUT2D eigenvalue weighted by Crippen LogP contribution is 2.23. The van der Waals surface area contributed by atoms with E-state index in [1.54, 1.807) is 0 Å². The van der Waals surface area contributed by atoms with Gasteiger partial charge in [-0.1, -0.05) is 0 Å². The summed E-state index contributed by atoms with van der Waals surface area (Å²) in [5.74, 6) is 1.21. The minimum atomic E-state index is -0.264. The highest BCUT2D eigenvalue weighted by Gasteiger charge is 2.26. The first-order valence-electron chi connectivity index (χ1n) is 4.82. The maximum Gasteiger partial charge on any atom is 0.367 e. The average Bonchev–Trinajstić information content (AvgIpc) is 2.88. The van der Waals surface area contributed by atoms with Crippen LogP contribution in [0.4, 0.5) is 9.59 Å². The number of cyclic esters (lactones) is 2. The van der Waals surface area contributed by atoms with Crippen LogP contribution in [0, 0.1) is 0 Å². The van der Waals surface area contributed by atoms with E-state index in [4.69, 9.17) is 17.8 Å². The molecule has 0 N–H and O–H groups in total. The minimum Gasteiger partial charge on any atom is -0.451 e. The van der Waals surface area contributed by atoms with E-state index >= 15 is 0 Å². The van der Waals surface area contributed by atoms with Crippen LogP contribution < -0.4 is 0 Å². The van der Waals surface area contributed by atoms with E-state index in [0.29, 0.717) is 24.7 Å². The molecule has 0 aromatic rings. The summed E-state index contributed by atoms with van der Waals surface area (Å²) in [6, 6.07) is 0. The topological polar surface area (TPSA) is 71.1 Å². The van der Waals surface area contributed by atoms with Gasteiger partial charge in [0.05, 0.1) is 0 Å². The molecule has 9 heteroatoms. The fraction of sp³-hybridized carbons (Fsp3) is 0.750. The molecule has 0 aromatic heterocycles. The van der Waals surface area contributed by atoms with Crippen molar-refractivity contribution in [2.24, 2.45) is 0 Å². The maximum atomic E-state index is 10.7. The summed E-state index contributed by atoms with van der Waals surface area (Å²) in [6.07, 6.45) is -0.410. The van der Waals surface area contributed by atoms with Gasteiger partial charge in [0.25, 0.3) is 0 Å². The van der Waals surface area contributed by atoms with E-state index < -0.39 is 0 Å². The van der Waals surface area contributed by atoms with Gasteiger partial charge in [-0.15, -0.1) is 0 Å². The van der Waals surface area contributed by atoms with Crippen LogP contribution in [0.15, 0.2) is 0 Å². The second kappa shape index (κ2) is 6.74. The third-order valence-corrected chi connectivity index (χ3v) is 4.11. The Hall–Kier alpha value is -0.0900. The summed E-state index contributed by atoms with van der Waals surface area (Å²) in [7, 11) is 0. The SMILES string of the molecule is O=C1OC(COSOCC2CSC(=O)O2)CS1. The lowest BCUT2D eigenvalue weighted by atomic mass is 10.4. The minimum absolute atomic E-state index is 0.205. The van der Waals surface area contributed by atoms with Crippen LogP contribution in [0.5, 0.6) is 0 Å². The first kappa shape index (κ1) is 13.3. The molecule has 96 valence electrons. The molecule has 17 heavy (non-hydrogen) atoms. The predicted octanol–water partition coefficient (Wildman–Crippen LogP) is 2.09. The molecular formula is C8H10O6S3. The van der Waals surface area contributed by atoms with Crippen LogP contribution >= 0.6 is 35.8 Å². The zero-order chi connectivity index (χ0) is 12.1. The van der Waals surface area contributed by atoms with Crippen LogP contribution in [0.3, 0.4) is 0 Å². The summed E-state index contributed by atoms with van der Waals surface area (Å²) in [5, 5.41) is -0.529. The van der Waals surface area contributed by atoms with Crippen molar-refractivity contribution in [3.63, 3.8) is 0 Å². The van der Waals surface area contributed by atoms with Crippen LogP contribution in [-0.4, -0.2) is 47.5 Å². The Morgan fingerprint density at radius 3 is 1.88 bits per heavy atom. The summed E-state index contributed by atoms with van der Waals surface area (Å²) in [5.41, 5.74) is 0. The normalized spacial score (nSPS) is 28.2. The van der Waals surface area contributed by atoms with Crippen molar-refractivity contribution in [1.29, 1.82) is 0 Å². The quantitative estimate of drug-likeness (QED) is 0.416. The molecule has 6 nitrogen and oxygen atoms in total. The second-order valence-corrected chi connectivity index (χ2v) is 5.76. The molecule has 2 unspecified atom stereocenters. The summed E-state index contributed by atoms with van der Waals surface area (Å²) in [6.45, 7) is 0.589. The molecule has 2 aliphatic rings. The van der Waals surface area contributed by atoms with E-state index in [-0.39, 0.29) is 22.8 Å². The van der Waals surface area contributed by atoms with Gasteiger partial charge in [0.15, 0.2) is 12.3 Å². The molecule has 2 rings (SSSR count). The number of carbonyl (C=O) groups is 2. The van der Waals surface area contributed by atoms with E-state index in [1.807, 2.05) is 0 Å². The van der Waals surface area contributed by atoms with Crippen LogP contribution in [0.1, 0.15) is 0 Å². The molecule has 2 fully saturated rings. The predicted molar refractivity (Wildman–Crippen MR) is 64.9 cm³/mol. The number of thioether (sulfide) groups is 2. The zero-order valence-corrected chi connectivity index (χ0v) is 11.1. The summed E-state index contributed by atoms with van der Waals surface area (Å²) in [4.78, 5) is 21.5. The molecule has 0 radical (unpaired) electrons. The Morgan fingerprint density at radius 1 is 1.06 bits per heavy atom. The van der Waals surface area contributed by atoms with Gasteiger partial charge in [0.1, 0.15) is 25.4 Å². The maximum absolute atomic E-state index is 10.7. The molecule has 2 aliphatic heterocycles. The monoisotopic (exact) mass is 298 g/mol. The Balaban J connectivity index is 1.46. The Bertz CT molecular complexity index is 271. The number of hydrogen-bond donors (Lipinski definition) is 0. The Labute approximate surface area is 111 Å². The van der Waals surface area contributed by atoms with Crippen LogP contribution in [0.2, 0.25) is 0 Å². The van der Waals surface area contributed by atoms with Crippen LogP contribution in [0.25, 0.3) is 0 Å². The lowest BCUT2D eigenvalue weighted by Gasteiger charge is -2.09. The smallest absolute Gasteiger partial charge is 0.367 e. The van der Waals surface area contributed by atoms with E-state index in [2.05, 4.69) is 0 Å². The Kier molecular flexibility index (Phi) is 5.29. The van der Waals surface area contributed by atoms with Gasteiger partial charge < -0.3 is 9.47 Å². The molecule has 0 amide bonds. The van der Waals surface area contributed by atoms with Crippen molar-refractivity contribution in [2.75, 3.05) is 24.7 Å². The zero-order valence-electron chi connectivity index (χ0n) is 8.66. The molecule has 2 saturated heterocycles. The van der Waals surface area contributed by atoms with Gasteiger partial charge in [-0.25, -0.2) is 9.59 Å². The van der Waals surface area contributed by atoms with Gasteiger partial charge in [-0.05, 0) is 23.5 Å². The lowest BCUT2D eigenvalue weighted by molar-refractivity contribution is 0.0962.